The van der Waals surface area contributed by atoms with Gasteiger partial charge < -0.3 is 14.8 Å². The van der Waals surface area contributed by atoms with E-state index in [0.717, 1.165) is 12.8 Å². The van der Waals surface area contributed by atoms with Crippen LogP contribution in [0.5, 0.6) is 0 Å². The SMILES string of the molecule is CCC(=O)NCCOC(=O)C1CCCO1. The van der Waals surface area contributed by atoms with E-state index in [0.29, 0.717) is 19.6 Å². The highest BCUT2D eigenvalue weighted by molar-refractivity contribution is 5.76. The van der Waals surface area contributed by atoms with Crippen molar-refractivity contribution in [3.05, 3.63) is 0 Å². The number of hydrogen-bond donors (Lipinski definition) is 1. The van der Waals surface area contributed by atoms with Crippen LogP contribution in [-0.2, 0) is 19.1 Å². The third-order valence-electron chi connectivity index (χ3n) is 2.18. The minimum Gasteiger partial charge on any atom is -0.462 e. The number of amides is 1. The van der Waals surface area contributed by atoms with E-state index >= 15 is 0 Å². The third kappa shape index (κ3) is 4.29. The largest absolute Gasteiger partial charge is 0.462 e. The fraction of sp³-hybridized carbons (Fsp3) is 0.800. The lowest BCUT2D eigenvalue weighted by Gasteiger charge is -2.09. The summed E-state index contributed by atoms with van der Waals surface area (Å²) >= 11 is 0. The lowest BCUT2D eigenvalue weighted by molar-refractivity contribution is -0.154. The lowest BCUT2D eigenvalue weighted by Crippen LogP contribution is -2.29. The molecule has 1 atom stereocenters. The summed E-state index contributed by atoms with van der Waals surface area (Å²) in [5.74, 6) is -0.360. The Balaban J connectivity index is 2.04. The standard InChI is InChI=1S/C10H17NO4/c1-2-9(12)11-5-7-15-10(13)8-4-3-6-14-8/h8H,2-7H2,1H3,(H,11,12). The van der Waals surface area contributed by atoms with Gasteiger partial charge in [-0.25, -0.2) is 4.79 Å². The average Bonchev–Trinajstić information content (AvgIpc) is 2.77. The molecular formula is C10H17NO4. The van der Waals surface area contributed by atoms with Crippen LogP contribution < -0.4 is 5.32 Å². The first-order chi connectivity index (χ1) is 7.24. The van der Waals surface area contributed by atoms with Crippen molar-refractivity contribution in [3.63, 3.8) is 0 Å². The first-order valence-electron chi connectivity index (χ1n) is 5.29. The number of carbonyl (C=O) groups is 2. The van der Waals surface area contributed by atoms with Crippen LogP contribution in [0.15, 0.2) is 0 Å². The summed E-state index contributed by atoms with van der Waals surface area (Å²) in [6.07, 6.45) is 1.69. The van der Waals surface area contributed by atoms with Crippen molar-refractivity contribution in [1.82, 2.24) is 5.32 Å². The first-order valence-corrected chi connectivity index (χ1v) is 5.29. The molecule has 0 bridgehead atoms. The van der Waals surface area contributed by atoms with Crippen LogP contribution in [0.1, 0.15) is 26.2 Å². The molecule has 86 valence electrons. The van der Waals surface area contributed by atoms with Gasteiger partial charge in [-0.1, -0.05) is 6.92 Å². The molecule has 0 radical (unpaired) electrons. The summed E-state index contributed by atoms with van der Waals surface area (Å²) in [4.78, 5) is 22.1. The fourth-order valence-electron chi connectivity index (χ4n) is 1.32. The summed E-state index contributed by atoms with van der Waals surface area (Å²) in [6.45, 7) is 2.98. The molecule has 0 spiro atoms. The van der Waals surface area contributed by atoms with Gasteiger partial charge in [0.2, 0.25) is 5.91 Å². The Hall–Kier alpha value is -1.10. The minimum atomic E-state index is -0.396. The number of esters is 1. The maximum Gasteiger partial charge on any atom is 0.335 e. The summed E-state index contributed by atoms with van der Waals surface area (Å²) in [7, 11) is 0. The zero-order valence-corrected chi connectivity index (χ0v) is 8.95. The predicted molar refractivity (Wildman–Crippen MR) is 53.2 cm³/mol. The van der Waals surface area contributed by atoms with Crippen molar-refractivity contribution in [3.8, 4) is 0 Å². The van der Waals surface area contributed by atoms with E-state index in [1.165, 1.54) is 0 Å². The van der Waals surface area contributed by atoms with Gasteiger partial charge in [0.15, 0.2) is 6.10 Å². The van der Waals surface area contributed by atoms with E-state index < -0.39 is 6.10 Å². The smallest absolute Gasteiger partial charge is 0.335 e. The number of ether oxygens (including phenoxy) is 2. The molecule has 5 nitrogen and oxygen atoms in total. The topological polar surface area (TPSA) is 64.6 Å². The molecule has 1 aliphatic heterocycles. The quantitative estimate of drug-likeness (QED) is 0.527. The summed E-state index contributed by atoms with van der Waals surface area (Å²) in [6, 6.07) is 0. The predicted octanol–water partition coefficient (Wildman–Crippen LogP) is 0.235. The normalized spacial score (nSPS) is 19.9. The molecule has 1 fully saturated rings. The monoisotopic (exact) mass is 215 g/mol. The molecule has 0 aliphatic carbocycles. The van der Waals surface area contributed by atoms with Crippen molar-refractivity contribution in [2.24, 2.45) is 0 Å². The van der Waals surface area contributed by atoms with Crippen LogP contribution in [0, 0.1) is 0 Å². The molecular weight excluding hydrogens is 198 g/mol. The second-order valence-corrected chi connectivity index (χ2v) is 3.37. The van der Waals surface area contributed by atoms with Gasteiger partial charge in [-0.05, 0) is 12.8 Å². The number of nitrogens with one attached hydrogen (secondary N) is 1. The summed E-state index contributed by atoms with van der Waals surface area (Å²) in [5.41, 5.74) is 0. The highest BCUT2D eigenvalue weighted by atomic mass is 16.6. The van der Waals surface area contributed by atoms with Crippen molar-refractivity contribution < 1.29 is 19.1 Å². The molecule has 0 saturated carbocycles. The maximum absolute atomic E-state index is 11.3. The second kappa shape index (κ2) is 6.40. The van der Waals surface area contributed by atoms with Crippen LogP contribution in [0.2, 0.25) is 0 Å². The molecule has 0 aromatic heterocycles. The summed E-state index contributed by atoms with van der Waals surface area (Å²) in [5, 5.41) is 2.62. The lowest BCUT2D eigenvalue weighted by atomic mass is 10.2. The van der Waals surface area contributed by atoms with Gasteiger partial charge in [-0.15, -0.1) is 0 Å². The van der Waals surface area contributed by atoms with Gasteiger partial charge in [0, 0.05) is 13.0 Å². The van der Waals surface area contributed by atoms with Crippen molar-refractivity contribution in [2.45, 2.75) is 32.3 Å². The van der Waals surface area contributed by atoms with Crippen LogP contribution in [0.3, 0.4) is 0 Å². The highest BCUT2D eigenvalue weighted by Crippen LogP contribution is 2.12. The van der Waals surface area contributed by atoms with E-state index in [9.17, 15) is 9.59 Å². The Labute approximate surface area is 89.1 Å². The molecule has 1 heterocycles. The number of hydrogen-bond acceptors (Lipinski definition) is 4. The van der Waals surface area contributed by atoms with Gasteiger partial charge >= 0.3 is 5.97 Å². The molecule has 1 rings (SSSR count). The first kappa shape index (κ1) is 12.0. The van der Waals surface area contributed by atoms with Gasteiger partial charge in [0.05, 0.1) is 6.54 Å². The van der Waals surface area contributed by atoms with Crippen molar-refractivity contribution in [1.29, 1.82) is 0 Å². The highest BCUT2D eigenvalue weighted by Gasteiger charge is 2.24. The molecule has 1 aliphatic rings. The van der Waals surface area contributed by atoms with Gasteiger partial charge in [0.1, 0.15) is 6.61 Å². The molecule has 1 N–H and O–H groups in total. The Kier molecular flexibility index (Phi) is 5.10. The molecule has 5 heteroatoms. The number of carbonyl (C=O) groups excluding carboxylic acids is 2. The molecule has 1 saturated heterocycles. The van der Waals surface area contributed by atoms with Crippen molar-refractivity contribution >= 4 is 11.9 Å². The number of rotatable bonds is 5. The van der Waals surface area contributed by atoms with Gasteiger partial charge in [-0.2, -0.15) is 0 Å². The Morgan fingerprint density at radius 3 is 2.93 bits per heavy atom. The van der Waals surface area contributed by atoms with Crippen LogP contribution in [0.4, 0.5) is 0 Å². The zero-order chi connectivity index (χ0) is 11.1. The second-order valence-electron chi connectivity index (χ2n) is 3.37. The maximum atomic E-state index is 11.3. The van der Waals surface area contributed by atoms with E-state index in [2.05, 4.69) is 5.32 Å². The van der Waals surface area contributed by atoms with E-state index in [1.807, 2.05) is 0 Å². The average molecular weight is 215 g/mol. The molecule has 1 unspecified atom stereocenters. The Bertz CT molecular complexity index is 223. The van der Waals surface area contributed by atoms with E-state index in [4.69, 9.17) is 9.47 Å². The van der Waals surface area contributed by atoms with E-state index in [-0.39, 0.29) is 18.5 Å². The Morgan fingerprint density at radius 2 is 2.33 bits per heavy atom. The molecule has 1 amide bonds. The third-order valence-corrected chi connectivity index (χ3v) is 2.18. The minimum absolute atomic E-state index is 0.0387. The van der Waals surface area contributed by atoms with Gasteiger partial charge in [-0.3, -0.25) is 4.79 Å². The van der Waals surface area contributed by atoms with E-state index in [1.54, 1.807) is 6.92 Å². The fourth-order valence-corrected chi connectivity index (χ4v) is 1.32. The molecule has 0 aromatic rings. The molecule has 0 aromatic carbocycles. The van der Waals surface area contributed by atoms with Gasteiger partial charge in [0.25, 0.3) is 0 Å². The summed E-state index contributed by atoms with van der Waals surface area (Å²) < 4.78 is 10.1. The van der Waals surface area contributed by atoms with Crippen LogP contribution in [0.25, 0.3) is 0 Å². The van der Waals surface area contributed by atoms with Crippen LogP contribution in [-0.4, -0.2) is 37.7 Å². The zero-order valence-electron chi connectivity index (χ0n) is 8.95. The molecule has 15 heavy (non-hydrogen) atoms. The van der Waals surface area contributed by atoms with Crippen molar-refractivity contribution in [2.75, 3.05) is 19.8 Å². The Morgan fingerprint density at radius 1 is 1.53 bits per heavy atom. The van der Waals surface area contributed by atoms with Crippen LogP contribution >= 0.6 is 0 Å².